The van der Waals surface area contributed by atoms with Gasteiger partial charge >= 0.3 is 0 Å². The quantitative estimate of drug-likeness (QED) is 0.312. The average molecular weight is 475 g/mol. The Hall–Kier alpha value is -2.11. The molecule has 3 aromatic rings. The Morgan fingerprint density at radius 3 is 1.38 bits per heavy atom. The summed E-state index contributed by atoms with van der Waals surface area (Å²) < 4.78 is 15.4. The summed E-state index contributed by atoms with van der Waals surface area (Å²) in [6, 6.07) is 15.7. The van der Waals surface area contributed by atoms with Gasteiger partial charge in [0.2, 0.25) is 0 Å². The minimum absolute atomic E-state index is 0.324. The third-order valence-corrected chi connectivity index (χ3v) is 10.2. The molecule has 0 heterocycles. The molecule has 0 atom stereocenters. The molecule has 34 heavy (non-hydrogen) atoms. The van der Waals surface area contributed by atoms with E-state index in [9.17, 15) is 0 Å². The molecule has 0 spiro atoms. The van der Waals surface area contributed by atoms with E-state index in [4.69, 9.17) is 0 Å². The van der Waals surface area contributed by atoms with Crippen molar-refractivity contribution in [2.45, 2.75) is 93.4 Å². The molecular formula is C32H43OP. The van der Waals surface area contributed by atoms with Gasteiger partial charge in [0.15, 0.2) is 0 Å². The second kappa shape index (κ2) is 10.2. The Labute approximate surface area is 208 Å². The van der Waals surface area contributed by atoms with Gasteiger partial charge in [-0.05, 0) is 104 Å². The van der Waals surface area contributed by atoms with Crippen LogP contribution in [0.15, 0.2) is 42.5 Å². The van der Waals surface area contributed by atoms with Crippen LogP contribution in [0.3, 0.4) is 0 Å². The predicted molar refractivity (Wildman–Crippen MR) is 151 cm³/mol. The highest BCUT2D eigenvalue weighted by atomic mass is 31.2. The maximum atomic E-state index is 15.4. The first kappa shape index (κ1) is 26.5. The molecule has 3 rings (SSSR count). The van der Waals surface area contributed by atoms with Gasteiger partial charge in [0, 0.05) is 17.6 Å². The molecule has 0 aliphatic heterocycles. The minimum atomic E-state index is -2.81. The van der Waals surface area contributed by atoms with E-state index >= 15 is 4.57 Å². The first-order valence-electron chi connectivity index (χ1n) is 12.7. The van der Waals surface area contributed by atoms with E-state index in [1.165, 1.54) is 55.6 Å². The standard InChI is InChI=1S/C32H43OP/c1-20(2)28-11-12-29(21(3)4)32(17-28)34(33,18-30-24(7)13-22(5)14-25(30)8)19-31-26(9)15-23(6)16-27(31)10/h11-17,20-21H,18-19H2,1-10H3. The molecule has 0 saturated carbocycles. The lowest BCUT2D eigenvalue weighted by molar-refractivity contribution is 0.579. The highest BCUT2D eigenvalue weighted by Gasteiger charge is 2.32. The second-order valence-electron chi connectivity index (χ2n) is 11.1. The van der Waals surface area contributed by atoms with Crippen LogP contribution >= 0.6 is 7.14 Å². The van der Waals surface area contributed by atoms with E-state index in [2.05, 4.69) is 112 Å². The van der Waals surface area contributed by atoms with E-state index in [1.807, 2.05) is 0 Å². The van der Waals surface area contributed by atoms with Crippen molar-refractivity contribution in [3.8, 4) is 0 Å². The largest absolute Gasteiger partial charge is 0.318 e. The molecule has 0 fully saturated rings. The van der Waals surface area contributed by atoms with Crippen LogP contribution in [0.2, 0.25) is 0 Å². The molecule has 3 aromatic carbocycles. The normalized spacial score (nSPS) is 12.1. The molecule has 0 bridgehead atoms. The van der Waals surface area contributed by atoms with Gasteiger partial charge in [-0.1, -0.05) is 75.2 Å². The van der Waals surface area contributed by atoms with Gasteiger partial charge in [-0.25, -0.2) is 0 Å². The van der Waals surface area contributed by atoms with Crippen molar-refractivity contribution in [3.63, 3.8) is 0 Å². The molecule has 0 aliphatic rings. The van der Waals surface area contributed by atoms with Crippen molar-refractivity contribution in [3.05, 3.63) is 98.1 Å². The Bertz CT molecular complexity index is 1140. The zero-order chi connectivity index (χ0) is 25.4. The molecule has 182 valence electrons. The number of benzene rings is 3. The monoisotopic (exact) mass is 474 g/mol. The molecule has 0 radical (unpaired) electrons. The van der Waals surface area contributed by atoms with E-state index in [0.717, 1.165) is 5.30 Å². The summed E-state index contributed by atoms with van der Waals surface area (Å²) in [4.78, 5) is 0. The fraction of sp³-hybridized carbons (Fsp3) is 0.438. The van der Waals surface area contributed by atoms with Gasteiger partial charge in [-0.2, -0.15) is 0 Å². The van der Waals surface area contributed by atoms with Gasteiger partial charge in [-0.3, -0.25) is 0 Å². The van der Waals surface area contributed by atoms with Crippen molar-refractivity contribution in [2.75, 3.05) is 0 Å². The fourth-order valence-electron chi connectivity index (χ4n) is 5.42. The summed E-state index contributed by atoms with van der Waals surface area (Å²) in [7, 11) is -2.81. The molecule has 0 N–H and O–H groups in total. The summed E-state index contributed by atoms with van der Waals surface area (Å²) in [5.41, 5.74) is 12.5. The Morgan fingerprint density at radius 2 is 1.03 bits per heavy atom. The fourth-order valence-corrected chi connectivity index (χ4v) is 9.08. The summed E-state index contributed by atoms with van der Waals surface area (Å²) in [6.07, 6.45) is 1.22. The third-order valence-electron chi connectivity index (χ3n) is 7.29. The van der Waals surface area contributed by atoms with Crippen LogP contribution in [-0.2, 0) is 16.9 Å². The van der Waals surface area contributed by atoms with E-state index in [0.29, 0.717) is 24.2 Å². The molecule has 0 saturated heterocycles. The van der Waals surface area contributed by atoms with Gasteiger partial charge in [0.1, 0.15) is 7.14 Å². The van der Waals surface area contributed by atoms with Crippen molar-refractivity contribution in [1.82, 2.24) is 0 Å². The molecule has 2 heteroatoms. The summed E-state index contributed by atoms with van der Waals surface area (Å²) in [6.45, 7) is 21.9. The first-order chi connectivity index (χ1) is 15.8. The Kier molecular flexibility index (Phi) is 7.99. The van der Waals surface area contributed by atoms with E-state index < -0.39 is 7.14 Å². The van der Waals surface area contributed by atoms with Crippen molar-refractivity contribution in [2.24, 2.45) is 0 Å². The van der Waals surface area contributed by atoms with Crippen molar-refractivity contribution >= 4 is 12.4 Å². The van der Waals surface area contributed by atoms with E-state index in [-0.39, 0.29) is 0 Å². The van der Waals surface area contributed by atoms with Crippen molar-refractivity contribution in [1.29, 1.82) is 0 Å². The predicted octanol–water partition coefficient (Wildman–Crippen LogP) is 9.17. The van der Waals surface area contributed by atoms with Crippen LogP contribution in [0.25, 0.3) is 0 Å². The lowest BCUT2D eigenvalue weighted by Gasteiger charge is -2.27. The molecule has 0 amide bonds. The maximum Gasteiger partial charge on any atom is 0.124 e. The number of aryl methyl sites for hydroxylation is 6. The zero-order valence-electron chi connectivity index (χ0n) is 23.0. The van der Waals surface area contributed by atoms with Crippen LogP contribution in [0.1, 0.15) is 95.2 Å². The molecule has 0 unspecified atom stereocenters. The van der Waals surface area contributed by atoms with E-state index in [1.54, 1.807) is 0 Å². The molecule has 0 aliphatic carbocycles. The first-order valence-corrected chi connectivity index (χ1v) is 14.8. The topological polar surface area (TPSA) is 17.1 Å². The minimum Gasteiger partial charge on any atom is -0.318 e. The van der Waals surface area contributed by atoms with Gasteiger partial charge in [0.05, 0.1) is 0 Å². The lowest BCUT2D eigenvalue weighted by Crippen LogP contribution is -2.18. The smallest absolute Gasteiger partial charge is 0.124 e. The van der Waals surface area contributed by atoms with Gasteiger partial charge < -0.3 is 4.57 Å². The Morgan fingerprint density at radius 1 is 0.618 bits per heavy atom. The second-order valence-corrected chi connectivity index (χ2v) is 14.0. The van der Waals surface area contributed by atoms with Crippen LogP contribution in [-0.4, -0.2) is 0 Å². The van der Waals surface area contributed by atoms with Gasteiger partial charge in [-0.15, -0.1) is 0 Å². The van der Waals surface area contributed by atoms with Crippen LogP contribution in [0, 0.1) is 41.5 Å². The number of hydrogen-bond donors (Lipinski definition) is 0. The number of hydrogen-bond acceptors (Lipinski definition) is 1. The summed E-state index contributed by atoms with van der Waals surface area (Å²) in [5, 5.41) is 1.09. The lowest BCUT2D eigenvalue weighted by atomic mass is 9.97. The van der Waals surface area contributed by atoms with Crippen molar-refractivity contribution < 1.29 is 4.57 Å². The number of rotatable bonds is 7. The molecule has 0 aromatic heterocycles. The molecule has 1 nitrogen and oxygen atoms in total. The van der Waals surface area contributed by atoms with Gasteiger partial charge in [0.25, 0.3) is 0 Å². The average Bonchev–Trinajstić information content (AvgIpc) is 2.73. The SMILES string of the molecule is Cc1cc(C)c(CP(=O)(Cc2c(C)cc(C)cc2C)c2cc(C(C)C)ccc2C(C)C)c(C)c1. The molecular weight excluding hydrogens is 431 g/mol. The maximum absolute atomic E-state index is 15.4. The zero-order valence-corrected chi connectivity index (χ0v) is 23.9. The third kappa shape index (κ3) is 5.58. The Balaban J connectivity index is 2.30. The highest BCUT2D eigenvalue weighted by Crippen LogP contribution is 2.54. The summed E-state index contributed by atoms with van der Waals surface area (Å²) in [5.74, 6) is 0.726. The highest BCUT2D eigenvalue weighted by molar-refractivity contribution is 7.70. The van der Waals surface area contributed by atoms with Crippen LogP contribution in [0.4, 0.5) is 0 Å². The summed E-state index contributed by atoms with van der Waals surface area (Å²) >= 11 is 0. The van der Waals surface area contributed by atoms with Crippen LogP contribution < -0.4 is 5.30 Å². The van der Waals surface area contributed by atoms with Crippen LogP contribution in [0.5, 0.6) is 0 Å².